The first kappa shape index (κ1) is 19.5. The molecule has 0 fully saturated rings. The van der Waals surface area contributed by atoms with Gasteiger partial charge in [-0.25, -0.2) is 4.98 Å². The van der Waals surface area contributed by atoms with Crippen molar-refractivity contribution in [1.29, 1.82) is 0 Å². The summed E-state index contributed by atoms with van der Waals surface area (Å²) in [4.78, 5) is 8.09. The van der Waals surface area contributed by atoms with Crippen LogP contribution in [0.5, 0.6) is 0 Å². The number of hydrogen-bond acceptors (Lipinski definition) is 2. The van der Waals surface area contributed by atoms with Crippen LogP contribution in [0.3, 0.4) is 0 Å². The van der Waals surface area contributed by atoms with Gasteiger partial charge in [0, 0.05) is 22.5 Å². The van der Waals surface area contributed by atoms with Gasteiger partial charge in [-0.2, -0.15) is 0 Å². The zero-order valence-corrected chi connectivity index (χ0v) is 17.6. The molecule has 0 saturated carbocycles. The first-order valence-corrected chi connectivity index (χ1v) is 11.1. The average molecular weight is 406 g/mol. The van der Waals surface area contributed by atoms with Crippen molar-refractivity contribution in [2.75, 3.05) is 6.54 Å². The van der Waals surface area contributed by atoms with E-state index in [1.54, 1.807) is 0 Å². The van der Waals surface area contributed by atoms with Crippen LogP contribution in [0.2, 0.25) is 0 Å². The van der Waals surface area contributed by atoms with Crippen LogP contribution in [0.4, 0.5) is 0 Å². The maximum Gasteiger partial charge on any atom is 0.138 e. The number of fused-ring (bicyclic) bond motifs is 3. The standard InChI is InChI=1S/C28H27N3/c29-17-6-2-5-9-23-16-18-30-28-27(23)25-19-24(14-15-26(25)31-28)22-12-10-21(11-13-22)20-7-3-1-4-8-20/h1,3-4,7-8,10-16,18-19H,2,5-6,9,17,29H2,(H,30,31). The molecule has 3 heteroatoms. The van der Waals surface area contributed by atoms with Crippen molar-refractivity contribution < 1.29 is 0 Å². The van der Waals surface area contributed by atoms with E-state index in [-0.39, 0.29) is 0 Å². The number of benzene rings is 3. The van der Waals surface area contributed by atoms with Crippen LogP contribution in [-0.4, -0.2) is 16.5 Å². The summed E-state index contributed by atoms with van der Waals surface area (Å²) >= 11 is 0. The van der Waals surface area contributed by atoms with Crippen LogP contribution < -0.4 is 5.73 Å². The molecule has 5 rings (SSSR count). The van der Waals surface area contributed by atoms with E-state index >= 15 is 0 Å². The highest BCUT2D eigenvalue weighted by Gasteiger charge is 2.11. The third kappa shape index (κ3) is 3.97. The summed E-state index contributed by atoms with van der Waals surface area (Å²) in [5.41, 5.74) is 14.1. The predicted octanol–water partition coefficient (Wildman–Crippen LogP) is 6.72. The second kappa shape index (κ2) is 8.75. The van der Waals surface area contributed by atoms with E-state index in [1.165, 1.54) is 45.0 Å². The van der Waals surface area contributed by atoms with E-state index in [0.717, 1.165) is 37.0 Å². The molecule has 0 spiro atoms. The van der Waals surface area contributed by atoms with E-state index in [2.05, 4.69) is 88.8 Å². The topological polar surface area (TPSA) is 54.7 Å². The van der Waals surface area contributed by atoms with Crippen molar-refractivity contribution in [2.45, 2.75) is 25.7 Å². The number of nitrogens with one attached hydrogen (secondary N) is 1. The fourth-order valence-corrected chi connectivity index (χ4v) is 4.39. The van der Waals surface area contributed by atoms with Crippen LogP contribution in [0.25, 0.3) is 44.2 Å². The largest absolute Gasteiger partial charge is 0.339 e. The lowest BCUT2D eigenvalue weighted by atomic mass is 9.98. The normalized spacial score (nSPS) is 11.4. The Morgan fingerprint density at radius 1 is 0.710 bits per heavy atom. The lowest BCUT2D eigenvalue weighted by molar-refractivity contribution is 0.688. The number of hydrogen-bond donors (Lipinski definition) is 2. The smallest absolute Gasteiger partial charge is 0.138 e. The van der Waals surface area contributed by atoms with Crippen LogP contribution in [-0.2, 0) is 6.42 Å². The Labute approximate surface area is 183 Å². The molecule has 2 aromatic heterocycles. The maximum atomic E-state index is 5.66. The number of H-pyrrole nitrogens is 1. The lowest BCUT2D eigenvalue weighted by Crippen LogP contribution is -1.98. The highest BCUT2D eigenvalue weighted by Crippen LogP contribution is 2.32. The lowest BCUT2D eigenvalue weighted by Gasteiger charge is -2.07. The van der Waals surface area contributed by atoms with Gasteiger partial charge in [0.1, 0.15) is 5.65 Å². The summed E-state index contributed by atoms with van der Waals surface area (Å²) in [6.07, 6.45) is 6.39. The van der Waals surface area contributed by atoms with Crippen molar-refractivity contribution in [3.05, 3.63) is 90.6 Å². The highest BCUT2D eigenvalue weighted by molar-refractivity contribution is 6.08. The van der Waals surface area contributed by atoms with Crippen molar-refractivity contribution >= 4 is 21.9 Å². The van der Waals surface area contributed by atoms with Gasteiger partial charge in [-0.3, -0.25) is 0 Å². The molecule has 0 atom stereocenters. The number of nitrogens with zero attached hydrogens (tertiary/aromatic N) is 1. The Morgan fingerprint density at radius 3 is 2.19 bits per heavy atom. The predicted molar refractivity (Wildman–Crippen MR) is 131 cm³/mol. The van der Waals surface area contributed by atoms with Crippen LogP contribution in [0.15, 0.2) is 85.1 Å². The van der Waals surface area contributed by atoms with Crippen LogP contribution >= 0.6 is 0 Å². The zero-order chi connectivity index (χ0) is 21.0. The minimum absolute atomic E-state index is 0.769. The molecule has 0 unspecified atom stereocenters. The Balaban J connectivity index is 1.51. The summed E-state index contributed by atoms with van der Waals surface area (Å²) < 4.78 is 0. The zero-order valence-electron chi connectivity index (χ0n) is 17.6. The molecule has 154 valence electrons. The average Bonchev–Trinajstić information content (AvgIpc) is 3.21. The third-order valence-electron chi connectivity index (χ3n) is 6.05. The summed E-state index contributed by atoms with van der Waals surface area (Å²) in [7, 11) is 0. The molecular formula is C28H27N3. The van der Waals surface area contributed by atoms with Crippen molar-refractivity contribution in [3.8, 4) is 22.3 Å². The van der Waals surface area contributed by atoms with Gasteiger partial charge < -0.3 is 10.7 Å². The molecule has 0 saturated heterocycles. The molecule has 3 N–H and O–H groups in total. The number of aromatic amines is 1. The van der Waals surface area contributed by atoms with E-state index in [9.17, 15) is 0 Å². The second-order valence-electron chi connectivity index (χ2n) is 8.12. The number of aryl methyl sites for hydroxylation is 1. The maximum absolute atomic E-state index is 5.66. The molecule has 0 radical (unpaired) electrons. The second-order valence-corrected chi connectivity index (χ2v) is 8.12. The Kier molecular flexibility index (Phi) is 5.51. The molecule has 0 bridgehead atoms. The van der Waals surface area contributed by atoms with Gasteiger partial charge >= 0.3 is 0 Å². The van der Waals surface area contributed by atoms with Crippen LogP contribution in [0, 0.1) is 0 Å². The molecule has 0 aliphatic carbocycles. The van der Waals surface area contributed by atoms with Gasteiger partial charge in [-0.05, 0) is 71.8 Å². The molecular weight excluding hydrogens is 378 g/mol. The summed E-state index contributed by atoms with van der Waals surface area (Å²) in [6.45, 7) is 0.769. The van der Waals surface area contributed by atoms with Gasteiger partial charge in [0.15, 0.2) is 0 Å². The third-order valence-corrected chi connectivity index (χ3v) is 6.05. The molecule has 31 heavy (non-hydrogen) atoms. The molecule has 3 aromatic carbocycles. The fraction of sp³-hybridized carbons (Fsp3) is 0.179. The Morgan fingerprint density at radius 2 is 1.42 bits per heavy atom. The first-order chi connectivity index (χ1) is 15.3. The van der Waals surface area contributed by atoms with Gasteiger partial charge in [-0.1, -0.05) is 67.1 Å². The van der Waals surface area contributed by atoms with E-state index in [0.29, 0.717) is 0 Å². The van der Waals surface area contributed by atoms with Gasteiger partial charge in [0.25, 0.3) is 0 Å². The van der Waals surface area contributed by atoms with Gasteiger partial charge in [0.05, 0.1) is 0 Å². The van der Waals surface area contributed by atoms with Gasteiger partial charge in [-0.15, -0.1) is 0 Å². The number of unbranched alkanes of at least 4 members (excludes halogenated alkanes) is 2. The monoisotopic (exact) mass is 405 g/mol. The Hall–Kier alpha value is -3.43. The highest BCUT2D eigenvalue weighted by atomic mass is 14.8. The van der Waals surface area contributed by atoms with E-state index in [1.807, 2.05) is 6.20 Å². The molecule has 3 nitrogen and oxygen atoms in total. The fourth-order valence-electron chi connectivity index (χ4n) is 4.39. The number of rotatable bonds is 7. The van der Waals surface area contributed by atoms with Gasteiger partial charge in [0.2, 0.25) is 0 Å². The van der Waals surface area contributed by atoms with Crippen molar-refractivity contribution in [1.82, 2.24) is 9.97 Å². The molecule has 2 heterocycles. The SMILES string of the molecule is NCCCCCc1ccnc2[nH]c3ccc(-c4ccc(-c5ccccc5)cc4)cc3c12. The summed E-state index contributed by atoms with van der Waals surface area (Å²) in [6, 6.07) is 28.2. The molecule has 5 aromatic rings. The number of nitrogens with two attached hydrogens (primary N) is 1. The van der Waals surface area contributed by atoms with E-state index in [4.69, 9.17) is 5.73 Å². The quantitative estimate of drug-likeness (QED) is 0.295. The first-order valence-electron chi connectivity index (χ1n) is 11.1. The van der Waals surface area contributed by atoms with Crippen LogP contribution in [0.1, 0.15) is 24.8 Å². The summed E-state index contributed by atoms with van der Waals surface area (Å²) in [5, 5.41) is 2.51. The molecule has 0 amide bonds. The Bertz CT molecular complexity index is 1300. The number of pyridine rings is 1. The minimum atomic E-state index is 0.769. The number of aromatic nitrogens is 2. The van der Waals surface area contributed by atoms with Crippen molar-refractivity contribution in [3.63, 3.8) is 0 Å². The van der Waals surface area contributed by atoms with E-state index < -0.39 is 0 Å². The minimum Gasteiger partial charge on any atom is -0.339 e. The molecule has 0 aliphatic rings. The van der Waals surface area contributed by atoms with Crippen molar-refractivity contribution in [2.24, 2.45) is 5.73 Å². The summed E-state index contributed by atoms with van der Waals surface area (Å²) in [5.74, 6) is 0. The molecule has 0 aliphatic heterocycles.